The molecule has 0 amide bonds. The zero-order valence-corrected chi connectivity index (χ0v) is 7.65. The van der Waals surface area contributed by atoms with Gasteiger partial charge in [0.15, 0.2) is 9.84 Å². The van der Waals surface area contributed by atoms with Gasteiger partial charge in [-0.1, -0.05) is 13.5 Å². The molecule has 0 N–H and O–H groups in total. The average molecular weight is 197 g/mol. The second-order valence-corrected chi connectivity index (χ2v) is 4.41. The van der Waals surface area contributed by atoms with Gasteiger partial charge in [0.25, 0.3) is 0 Å². The van der Waals surface area contributed by atoms with E-state index in [1.54, 1.807) is 6.92 Å². The number of carbonyl (C=O) groups excluding carboxylic acids is 1. The van der Waals surface area contributed by atoms with E-state index in [0.29, 0.717) is 0 Å². The first-order chi connectivity index (χ1) is 4.95. The quantitative estimate of drug-likeness (QED) is 0.633. The van der Waals surface area contributed by atoms with Crippen LogP contribution in [0.15, 0.2) is 12.0 Å². The molecule has 5 heteroatoms. The van der Waals surface area contributed by atoms with E-state index in [0.717, 1.165) is 5.41 Å². The van der Waals surface area contributed by atoms with Crippen LogP contribution in [0.25, 0.3) is 0 Å². The monoisotopic (exact) mass is 196 g/mol. The highest BCUT2D eigenvalue weighted by Crippen LogP contribution is 2.10. The van der Waals surface area contributed by atoms with Crippen LogP contribution in [-0.4, -0.2) is 18.9 Å². The Morgan fingerprint density at radius 1 is 1.73 bits per heavy atom. The Bertz CT molecular complexity index is 255. The molecule has 0 bridgehead atoms. The van der Waals surface area contributed by atoms with E-state index < -0.39 is 20.3 Å². The van der Waals surface area contributed by atoms with E-state index in [4.69, 9.17) is 11.6 Å². The van der Waals surface area contributed by atoms with Crippen molar-refractivity contribution in [2.45, 2.75) is 18.6 Å². The molecule has 0 aromatic rings. The standard InChI is InChI=1S/C6H9ClO3S/c1-3-5(6(7)8)11(9,10)4-2/h4-5H,2-3H2,1H3. The summed E-state index contributed by atoms with van der Waals surface area (Å²) < 4.78 is 21.9. The fourth-order valence-corrected chi connectivity index (χ4v) is 2.12. The zero-order valence-electron chi connectivity index (χ0n) is 6.08. The average Bonchev–Trinajstić information content (AvgIpc) is 1.88. The number of halogens is 1. The first kappa shape index (κ1) is 10.7. The van der Waals surface area contributed by atoms with Crippen molar-refractivity contribution >= 4 is 26.7 Å². The largest absolute Gasteiger partial charge is 0.280 e. The molecule has 0 heterocycles. The molecular formula is C6H9ClO3S. The predicted octanol–water partition coefficient (Wildman–Crippen LogP) is 1.09. The lowest BCUT2D eigenvalue weighted by molar-refractivity contribution is -0.111. The normalized spacial score (nSPS) is 14.0. The maximum Gasteiger partial charge on any atom is 0.240 e. The van der Waals surface area contributed by atoms with Crippen LogP contribution in [0.3, 0.4) is 0 Å². The van der Waals surface area contributed by atoms with Crippen molar-refractivity contribution in [3.05, 3.63) is 12.0 Å². The number of carbonyl (C=O) groups is 1. The Hall–Kier alpha value is -0.350. The van der Waals surface area contributed by atoms with E-state index in [9.17, 15) is 13.2 Å². The highest BCUT2D eigenvalue weighted by molar-refractivity contribution is 7.95. The summed E-state index contributed by atoms with van der Waals surface area (Å²) in [6.07, 6.45) is 0.177. The maximum atomic E-state index is 10.9. The van der Waals surface area contributed by atoms with Crippen molar-refractivity contribution in [1.29, 1.82) is 0 Å². The summed E-state index contributed by atoms with van der Waals surface area (Å²) in [5, 5.41) is -1.24. The summed E-state index contributed by atoms with van der Waals surface area (Å²) in [6, 6.07) is 0. The number of sulfone groups is 1. The third-order valence-corrected chi connectivity index (χ3v) is 3.45. The smallest absolute Gasteiger partial charge is 0.240 e. The lowest BCUT2D eigenvalue weighted by Gasteiger charge is -2.05. The van der Waals surface area contributed by atoms with Gasteiger partial charge in [-0.25, -0.2) is 8.42 Å². The topological polar surface area (TPSA) is 51.2 Å². The highest BCUT2D eigenvalue weighted by Gasteiger charge is 2.26. The molecule has 0 spiro atoms. The summed E-state index contributed by atoms with van der Waals surface area (Å²) in [5.74, 6) is 0. The van der Waals surface area contributed by atoms with Gasteiger partial charge in [-0.15, -0.1) is 0 Å². The maximum absolute atomic E-state index is 10.9. The zero-order chi connectivity index (χ0) is 9.07. The van der Waals surface area contributed by atoms with Crippen molar-refractivity contribution < 1.29 is 13.2 Å². The van der Waals surface area contributed by atoms with Gasteiger partial charge < -0.3 is 0 Å². The molecule has 0 aromatic heterocycles. The first-order valence-electron chi connectivity index (χ1n) is 3.01. The van der Waals surface area contributed by atoms with Gasteiger partial charge in [-0.3, -0.25) is 4.79 Å². The Balaban J connectivity index is 4.80. The predicted molar refractivity (Wildman–Crippen MR) is 44.1 cm³/mol. The van der Waals surface area contributed by atoms with Crippen LogP contribution in [-0.2, 0) is 14.6 Å². The van der Waals surface area contributed by atoms with Crippen LogP contribution in [0.2, 0.25) is 0 Å². The highest BCUT2D eigenvalue weighted by atomic mass is 35.5. The van der Waals surface area contributed by atoms with E-state index in [-0.39, 0.29) is 6.42 Å². The van der Waals surface area contributed by atoms with Gasteiger partial charge >= 0.3 is 0 Å². The molecule has 0 radical (unpaired) electrons. The van der Waals surface area contributed by atoms with Crippen LogP contribution in [0.1, 0.15) is 13.3 Å². The van der Waals surface area contributed by atoms with Crippen LogP contribution in [0, 0.1) is 0 Å². The molecule has 0 rings (SSSR count). The molecule has 3 nitrogen and oxygen atoms in total. The molecule has 1 unspecified atom stereocenters. The van der Waals surface area contributed by atoms with Crippen LogP contribution < -0.4 is 0 Å². The molecule has 64 valence electrons. The first-order valence-corrected chi connectivity index (χ1v) is 5.00. The van der Waals surface area contributed by atoms with Crippen LogP contribution >= 0.6 is 11.6 Å². The van der Waals surface area contributed by atoms with E-state index in [1.807, 2.05) is 0 Å². The Morgan fingerprint density at radius 2 is 2.18 bits per heavy atom. The summed E-state index contributed by atoms with van der Waals surface area (Å²) in [6.45, 7) is 4.66. The van der Waals surface area contributed by atoms with Gasteiger partial charge in [0.1, 0.15) is 5.25 Å². The summed E-state index contributed by atoms with van der Waals surface area (Å²) >= 11 is 5.04. The second kappa shape index (κ2) is 3.88. The van der Waals surface area contributed by atoms with Crippen molar-refractivity contribution in [2.24, 2.45) is 0 Å². The molecule has 0 aliphatic carbocycles. The SMILES string of the molecule is C=CS(=O)(=O)C(CC)C(=O)Cl. The minimum absolute atomic E-state index is 0.177. The Morgan fingerprint density at radius 3 is 2.27 bits per heavy atom. The number of hydrogen-bond donors (Lipinski definition) is 0. The molecule has 0 saturated carbocycles. The molecule has 1 atom stereocenters. The van der Waals surface area contributed by atoms with Crippen molar-refractivity contribution in [3.8, 4) is 0 Å². The molecule has 0 aliphatic heterocycles. The fourth-order valence-electron chi connectivity index (χ4n) is 0.638. The van der Waals surface area contributed by atoms with Crippen molar-refractivity contribution in [3.63, 3.8) is 0 Å². The minimum atomic E-state index is -3.53. The molecule has 11 heavy (non-hydrogen) atoms. The van der Waals surface area contributed by atoms with Gasteiger partial charge in [0.2, 0.25) is 5.24 Å². The Labute approximate surface area is 71.0 Å². The minimum Gasteiger partial charge on any atom is -0.280 e. The molecule has 0 saturated heterocycles. The van der Waals surface area contributed by atoms with Gasteiger partial charge in [-0.2, -0.15) is 0 Å². The fraction of sp³-hybridized carbons (Fsp3) is 0.500. The molecule has 0 fully saturated rings. The summed E-state index contributed by atoms with van der Waals surface area (Å²) in [4.78, 5) is 10.5. The second-order valence-electron chi connectivity index (χ2n) is 1.96. The molecule has 0 aliphatic rings. The van der Waals surface area contributed by atoms with Gasteiger partial charge in [0.05, 0.1) is 0 Å². The van der Waals surface area contributed by atoms with E-state index in [1.165, 1.54) is 0 Å². The summed E-state index contributed by atoms with van der Waals surface area (Å²) in [5.41, 5.74) is 0. The number of rotatable bonds is 4. The third-order valence-electron chi connectivity index (χ3n) is 1.25. The van der Waals surface area contributed by atoms with Gasteiger partial charge in [-0.05, 0) is 18.0 Å². The van der Waals surface area contributed by atoms with Crippen molar-refractivity contribution in [1.82, 2.24) is 0 Å². The van der Waals surface area contributed by atoms with Crippen LogP contribution in [0.4, 0.5) is 0 Å². The molecule has 0 aromatic carbocycles. The van der Waals surface area contributed by atoms with Gasteiger partial charge in [0, 0.05) is 5.41 Å². The van der Waals surface area contributed by atoms with Crippen LogP contribution in [0.5, 0.6) is 0 Å². The Kier molecular flexibility index (Phi) is 3.75. The lowest BCUT2D eigenvalue weighted by atomic mass is 10.4. The third kappa shape index (κ3) is 2.63. The summed E-state index contributed by atoms with van der Waals surface area (Å²) in [7, 11) is -3.53. The van der Waals surface area contributed by atoms with E-state index >= 15 is 0 Å². The number of hydrogen-bond acceptors (Lipinski definition) is 3. The van der Waals surface area contributed by atoms with E-state index in [2.05, 4.69) is 6.58 Å². The molecular weight excluding hydrogens is 188 g/mol. The van der Waals surface area contributed by atoms with Crippen molar-refractivity contribution in [2.75, 3.05) is 0 Å². The lowest BCUT2D eigenvalue weighted by Crippen LogP contribution is -2.24.